The average molecular weight is 282 g/mol. The maximum Gasteiger partial charge on any atom is 0.338 e. The summed E-state index contributed by atoms with van der Waals surface area (Å²) in [4.78, 5) is 24.3. The molecular formula is C13H15FN2O4. The van der Waals surface area contributed by atoms with Gasteiger partial charge in [-0.1, -0.05) is 0 Å². The number of likely N-dealkylation sites (tertiary alicyclic amines) is 1. The predicted octanol–water partition coefficient (Wildman–Crippen LogP) is 1.51. The van der Waals surface area contributed by atoms with Crippen LogP contribution < -0.4 is 5.32 Å². The van der Waals surface area contributed by atoms with Crippen molar-refractivity contribution in [3.05, 3.63) is 29.6 Å². The van der Waals surface area contributed by atoms with E-state index in [1.165, 1.54) is 11.0 Å². The Bertz CT molecular complexity index is 527. The summed E-state index contributed by atoms with van der Waals surface area (Å²) in [5.74, 6) is -2.24. The number of carboxylic acids is 1. The number of carboxylic acid groups (broad SMARTS) is 1. The molecule has 1 saturated heterocycles. The van der Waals surface area contributed by atoms with Crippen molar-refractivity contribution >= 4 is 17.7 Å². The Morgan fingerprint density at radius 3 is 2.55 bits per heavy atom. The van der Waals surface area contributed by atoms with Crippen LogP contribution in [0, 0.1) is 5.82 Å². The molecule has 0 aromatic heterocycles. The number of urea groups is 1. The molecule has 0 saturated carbocycles. The first-order valence-corrected chi connectivity index (χ1v) is 6.24. The van der Waals surface area contributed by atoms with E-state index in [-0.39, 0.29) is 17.8 Å². The quantitative estimate of drug-likeness (QED) is 0.767. The molecule has 108 valence electrons. The molecule has 6 nitrogen and oxygen atoms in total. The summed E-state index contributed by atoms with van der Waals surface area (Å²) >= 11 is 0. The number of rotatable bonds is 2. The van der Waals surface area contributed by atoms with Gasteiger partial charge in [-0.2, -0.15) is 0 Å². The van der Waals surface area contributed by atoms with E-state index in [4.69, 9.17) is 5.11 Å². The van der Waals surface area contributed by atoms with Crippen LogP contribution in [0.5, 0.6) is 0 Å². The molecule has 1 aliphatic heterocycles. The highest BCUT2D eigenvalue weighted by atomic mass is 19.1. The van der Waals surface area contributed by atoms with Crippen LogP contribution >= 0.6 is 0 Å². The lowest BCUT2D eigenvalue weighted by Crippen LogP contribution is -2.42. The molecule has 7 heteroatoms. The number of amides is 2. The van der Waals surface area contributed by atoms with Crippen molar-refractivity contribution in [1.29, 1.82) is 0 Å². The fourth-order valence-corrected chi connectivity index (χ4v) is 2.04. The van der Waals surface area contributed by atoms with E-state index in [9.17, 15) is 19.1 Å². The van der Waals surface area contributed by atoms with Crippen molar-refractivity contribution in [2.24, 2.45) is 0 Å². The van der Waals surface area contributed by atoms with Crippen molar-refractivity contribution in [2.75, 3.05) is 18.4 Å². The largest absolute Gasteiger partial charge is 0.478 e. The van der Waals surface area contributed by atoms with Crippen molar-refractivity contribution in [3.8, 4) is 0 Å². The van der Waals surface area contributed by atoms with Gasteiger partial charge in [0.2, 0.25) is 0 Å². The Labute approximate surface area is 114 Å². The normalized spacial score (nSPS) is 16.0. The Hall–Kier alpha value is -2.15. The smallest absolute Gasteiger partial charge is 0.338 e. The van der Waals surface area contributed by atoms with Gasteiger partial charge in [-0.3, -0.25) is 0 Å². The second-order valence-electron chi connectivity index (χ2n) is 4.65. The van der Waals surface area contributed by atoms with Crippen molar-refractivity contribution in [3.63, 3.8) is 0 Å². The lowest BCUT2D eigenvalue weighted by molar-refractivity contribution is 0.0691. The molecule has 1 aromatic carbocycles. The number of aliphatic hydroxyl groups is 1. The van der Waals surface area contributed by atoms with Gasteiger partial charge in [0.1, 0.15) is 5.82 Å². The van der Waals surface area contributed by atoms with Crippen LogP contribution in [0.2, 0.25) is 0 Å². The number of nitrogens with zero attached hydrogens (tertiary/aromatic N) is 1. The minimum Gasteiger partial charge on any atom is -0.478 e. The highest BCUT2D eigenvalue weighted by Crippen LogP contribution is 2.17. The Morgan fingerprint density at radius 2 is 1.95 bits per heavy atom. The number of nitrogens with one attached hydrogen (secondary N) is 1. The second kappa shape index (κ2) is 5.87. The standard InChI is InChI=1S/C13H15FN2O4/c14-11-2-1-8(7-10(11)12(18)19)15-13(20)16-5-3-9(17)4-6-16/h1-2,7,9,17H,3-6H2,(H,15,20)(H,18,19). The summed E-state index contributed by atoms with van der Waals surface area (Å²) in [6.07, 6.45) is 0.637. The molecule has 0 radical (unpaired) electrons. The molecule has 2 rings (SSSR count). The second-order valence-corrected chi connectivity index (χ2v) is 4.65. The molecule has 0 aliphatic carbocycles. The van der Waals surface area contributed by atoms with E-state index in [2.05, 4.69) is 5.32 Å². The molecule has 3 N–H and O–H groups in total. The van der Waals surface area contributed by atoms with Gasteiger partial charge in [0.25, 0.3) is 0 Å². The summed E-state index contributed by atoms with van der Waals surface area (Å²) < 4.78 is 13.2. The highest BCUT2D eigenvalue weighted by molar-refractivity contribution is 5.93. The van der Waals surface area contributed by atoms with E-state index in [1.54, 1.807) is 0 Å². The number of carbonyl (C=O) groups excluding carboxylic acids is 1. The van der Waals surface area contributed by atoms with Gasteiger partial charge in [0.05, 0.1) is 11.7 Å². The minimum absolute atomic E-state index is 0.222. The minimum atomic E-state index is -1.39. The maximum atomic E-state index is 13.2. The lowest BCUT2D eigenvalue weighted by Gasteiger charge is -2.29. The zero-order valence-corrected chi connectivity index (χ0v) is 10.7. The zero-order valence-electron chi connectivity index (χ0n) is 10.7. The third-order valence-electron chi connectivity index (χ3n) is 3.20. The van der Waals surface area contributed by atoms with E-state index in [0.29, 0.717) is 25.9 Å². The Kier molecular flexibility index (Phi) is 4.19. The number of carbonyl (C=O) groups is 2. The average Bonchev–Trinajstić information content (AvgIpc) is 2.41. The molecule has 1 aromatic rings. The Balaban J connectivity index is 2.04. The topological polar surface area (TPSA) is 89.9 Å². The number of hydrogen-bond donors (Lipinski definition) is 3. The fraction of sp³-hybridized carbons (Fsp3) is 0.385. The lowest BCUT2D eigenvalue weighted by atomic mass is 10.1. The van der Waals surface area contributed by atoms with Gasteiger partial charge >= 0.3 is 12.0 Å². The first-order chi connectivity index (χ1) is 9.47. The highest BCUT2D eigenvalue weighted by Gasteiger charge is 2.21. The van der Waals surface area contributed by atoms with Crippen molar-refractivity contribution in [1.82, 2.24) is 4.90 Å². The van der Waals surface area contributed by atoms with Gasteiger partial charge in [-0.25, -0.2) is 14.0 Å². The molecule has 0 bridgehead atoms. The van der Waals surface area contributed by atoms with Gasteiger partial charge < -0.3 is 20.4 Å². The van der Waals surface area contributed by atoms with Crippen LogP contribution in [0.4, 0.5) is 14.9 Å². The zero-order chi connectivity index (χ0) is 14.7. The van der Waals surface area contributed by atoms with Crippen LogP contribution in [0.1, 0.15) is 23.2 Å². The van der Waals surface area contributed by atoms with E-state index < -0.39 is 17.3 Å². The van der Waals surface area contributed by atoms with Crippen LogP contribution in [0.3, 0.4) is 0 Å². The molecule has 1 aliphatic rings. The molecule has 2 amide bonds. The van der Waals surface area contributed by atoms with Gasteiger partial charge in [-0.15, -0.1) is 0 Å². The van der Waals surface area contributed by atoms with Crippen LogP contribution in [-0.4, -0.2) is 46.3 Å². The fourth-order valence-electron chi connectivity index (χ4n) is 2.04. The summed E-state index contributed by atoms with van der Waals surface area (Å²) in [6.45, 7) is 0.861. The molecular weight excluding hydrogens is 267 g/mol. The predicted molar refractivity (Wildman–Crippen MR) is 69.2 cm³/mol. The first-order valence-electron chi connectivity index (χ1n) is 6.24. The molecule has 20 heavy (non-hydrogen) atoms. The van der Waals surface area contributed by atoms with Crippen LogP contribution in [0.25, 0.3) is 0 Å². The SMILES string of the molecule is O=C(O)c1cc(NC(=O)N2CCC(O)CC2)ccc1F. The summed E-state index contributed by atoms with van der Waals surface area (Å²) in [5, 5.41) is 20.7. The summed E-state index contributed by atoms with van der Waals surface area (Å²) in [5.41, 5.74) is -0.267. The number of hydrogen-bond acceptors (Lipinski definition) is 3. The number of anilines is 1. The monoisotopic (exact) mass is 282 g/mol. The number of halogens is 1. The van der Waals surface area contributed by atoms with Gasteiger partial charge in [0, 0.05) is 18.8 Å². The molecule has 1 fully saturated rings. The van der Waals surface area contributed by atoms with E-state index in [1.807, 2.05) is 0 Å². The van der Waals surface area contributed by atoms with Crippen molar-refractivity contribution in [2.45, 2.75) is 18.9 Å². The third kappa shape index (κ3) is 3.24. The molecule has 0 unspecified atom stereocenters. The number of benzene rings is 1. The maximum absolute atomic E-state index is 13.2. The molecule has 0 atom stereocenters. The number of aliphatic hydroxyl groups excluding tert-OH is 1. The first kappa shape index (κ1) is 14.3. The van der Waals surface area contributed by atoms with Gasteiger partial charge in [-0.05, 0) is 31.0 Å². The third-order valence-corrected chi connectivity index (χ3v) is 3.20. The van der Waals surface area contributed by atoms with E-state index >= 15 is 0 Å². The van der Waals surface area contributed by atoms with Crippen LogP contribution in [-0.2, 0) is 0 Å². The Morgan fingerprint density at radius 1 is 1.30 bits per heavy atom. The van der Waals surface area contributed by atoms with E-state index in [0.717, 1.165) is 12.1 Å². The van der Waals surface area contributed by atoms with Gasteiger partial charge in [0.15, 0.2) is 0 Å². The molecule has 1 heterocycles. The number of piperidine rings is 1. The summed E-state index contributed by atoms with van der Waals surface area (Å²) in [6, 6.07) is 2.99. The van der Waals surface area contributed by atoms with Crippen molar-refractivity contribution < 1.29 is 24.2 Å². The number of aromatic carboxylic acids is 1. The van der Waals surface area contributed by atoms with Crippen LogP contribution in [0.15, 0.2) is 18.2 Å². The summed E-state index contributed by atoms with van der Waals surface area (Å²) in [7, 11) is 0. The molecule has 0 spiro atoms.